The fourth-order valence-corrected chi connectivity index (χ4v) is 1.87. The van der Waals surface area contributed by atoms with Crippen LogP contribution in [0.2, 0.25) is 0 Å². The van der Waals surface area contributed by atoms with Crippen molar-refractivity contribution in [2.24, 2.45) is 17.6 Å². The van der Waals surface area contributed by atoms with Gasteiger partial charge in [-0.1, -0.05) is 26.0 Å². The van der Waals surface area contributed by atoms with Gasteiger partial charge in [0.1, 0.15) is 0 Å². The molecular formula is C14H22N2O. The van der Waals surface area contributed by atoms with Gasteiger partial charge in [-0.25, -0.2) is 0 Å². The lowest BCUT2D eigenvalue weighted by molar-refractivity contribution is -0.123. The maximum atomic E-state index is 12.3. The molecule has 94 valence electrons. The monoisotopic (exact) mass is 234 g/mol. The summed E-state index contributed by atoms with van der Waals surface area (Å²) >= 11 is 0. The molecule has 1 aromatic carbocycles. The minimum Gasteiger partial charge on any atom is -0.330 e. The van der Waals surface area contributed by atoms with Crippen LogP contribution in [0.4, 0.5) is 5.69 Å². The highest BCUT2D eigenvalue weighted by molar-refractivity contribution is 5.94. The molecule has 0 saturated carbocycles. The second-order valence-corrected chi connectivity index (χ2v) is 4.82. The number of anilines is 1. The van der Waals surface area contributed by atoms with E-state index in [2.05, 4.69) is 0 Å². The molecule has 1 rings (SSSR count). The van der Waals surface area contributed by atoms with E-state index in [0.717, 1.165) is 11.3 Å². The van der Waals surface area contributed by atoms with Crippen molar-refractivity contribution in [1.82, 2.24) is 0 Å². The van der Waals surface area contributed by atoms with E-state index in [-0.39, 0.29) is 17.7 Å². The van der Waals surface area contributed by atoms with Crippen LogP contribution in [0.5, 0.6) is 0 Å². The van der Waals surface area contributed by atoms with Gasteiger partial charge in [0, 0.05) is 19.3 Å². The van der Waals surface area contributed by atoms with Gasteiger partial charge in [-0.2, -0.15) is 0 Å². The molecule has 0 aliphatic carbocycles. The van der Waals surface area contributed by atoms with Crippen molar-refractivity contribution in [1.29, 1.82) is 0 Å². The molecular weight excluding hydrogens is 212 g/mol. The van der Waals surface area contributed by atoms with Crippen LogP contribution in [-0.4, -0.2) is 19.5 Å². The van der Waals surface area contributed by atoms with Gasteiger partial charge < -0.3 is 10.6 Å². The van der Waals surface area contributed by atoms with Crippen LogP contribution >= 0.6 is 0 Å². The van der Waals surface area contributed by atoms with E-state index < -0.39 is 0 Å². The first-order valence-electron chi connectivity index (χ1n) is 6.01. The smallest absolute Gasteiger partial charge is 0.231 e. The first-order chi connectivity index (χ1) is 7.97. The Kier molecular flexibility index (Phi) is 4.70. The standard InChI is InChI=1S/C14H22N2O/c1-10(2)13(9-15)14(17)16(4)12-7-5-6-11(3)8-12/h5-8,10,13H,9,15H2,1-4H3. The van der Waals surface area contributed by atoms with Crippen LogP contribution < -0.4 is 10.6 Å². The number of amides is 1. The molecule has 17 heavy (non-hydrogen) atoms. The van der Waals surface area contributed by atoms with Crippen LogP contribution in [0.15, 0.2) is 24.3 Å². The Morgan fingerprint density at radius 1 is 1.41 bits per heavy atom. The zero-order chi connectivity index (χ0) is 13.0. The SMILES string of the molecule is Cc1cccc(N(C)C(=O)C(CN)C(C)C)c1. The van der Waals surface area contributed by atoms with Crippen molar-refractivity contribution in [2.45, 2.75) is 20.8 Å². The minimum absolute atomic E-state index is 0.0908. The number of nitrogens with two attached hydrogens (primary N) is 1. The molecule has 0 aromatic heterocycles. The molecule has 1 atom stereocenters. The average molecular weight is 234 g/mol. The van der Waals surface area contributed by atoms with E-state index in [0.29, 0.717) is 6.54 Å². The summed E-state index contributed by atoms with van der Waals surface area (Å²) in [5.41, 5.74) is 7.75. The lowest BCUT2D eigenvalue weighted by Crippen LogP contribution is -2.39. The summed E-state index contributed by atoms with van der Waals surface area (Å²) in [6, 6.07) is 7.93. The van der Waals surface area contributed by atoms with Gasteiger partial charge >= 0.3 is 0 Å². The van der Waals surface area contributed by atoms with E-state index in [9.17, 15) is 4.79 Å². The molecule has 2 N–H and O–H groups in total. The summed E-state index contributed by atoms with van der Waals surface area (Å²) in [5, 5.41) is 0. The van der Waals surface area contributed by atoms with Crippen molar-refractivity contribution in [2.75, 3.05) is 18.5 Å². The van der Waals surface area contributed by atoms with Crippen LogP contribution in [0.25, 0.3) is 0 Å². The molecule has 0 saturated heterocycles. The van der Waals surface area contributed by atoms with Gasteiger partial charge in [-0.3, -0.25) is 4.79 Å². The van der Waals surface area contributed by atoms with Crippen molar-refractivity contribution < 1.29 is 4.79 Å². The lowest BCUT2D eigenvalue weighted by Gasteiger charge is -2.25. The highest BCUT2D eigenvalue weighted by Gasteiger charge is 2.24. The lowest BCUT2D eigenvalue weighted by atomic mass is 9.94. The molecule has 1 amide bonds. The highest BCUT2D eigenvalue weighted by Crippen LogP contribution is 2.19. The number of hydrogen-bond donors (Lipinski definition) is 1. The predicted octanol–water partition coefficient (Wildman–Crippen LogP) is 2.19. The van der Waals surface area contributed by atoms with Crippen LogP contribution in [0.1, 0.15) is 19.4 Å². The van der Waals surface area contributed by atoms with Crippen LogP contribution in [0, 0.1) is 18.8 Å². The maximum Gasteiger partial charge on any atom is 0.231 e. The number of aryl methyl sites for hydroxylation is 1. The Hall–Kier alpha value is -1.35. The van der Waals surface area contributed by atoms with Crippen molar-refractivity contribution in [3.63, 3.8) is 0 Å². The molecule has 3 nitrogen and oxygen atoms in total. The largest absolute Gasteiger partial charge is 0.330 e. The minimum atomic E-state index is -0.111. The average Bonchev–Trinajstić information content (AvgIpc) is 2.28. The molecule has 0 aliphatic rings. The van der Waals surface area contributed by atoms with E-state index in [4.69, 9.17) is 5.73 Å². The Labute approximate surface area is 104 Å². The predicted molar refractivity (Wildman–Crippen MR) is 72.0 cm³/mol. The topological polar surface area (TPSA) is 46.3 Å². The normalized spacial score (nSPS) is 12.6. The fourth-order valence-electron chi connectivity index (χ4n) is 1.87. The number of nitrogens with zero attached hydrogens (tertiary/aromatic N) is 1. The molecule has 1 aromatic rings. The van der Waals surface area contributed by atoms with Gasteiger partial charge in [0.05, 0.1) is 5.92 Å². The summed E-state index contributed by atoms with van der Waals surface area (Å²) in [7, 11) is 1.81. The molecule has 0 heterocycles. The van der Waals surface area contributed by atoms with Crippen LogP contribution in [-0.2, 0) is 4.79 Å². The van der Waals surface area contributed by atoms with Crippen LogP contribution in [0.3, 0.4) is 0 Å². The number of carbonyl (C=O) groups excluding carboxylic acids is 1. The van der Waals surface area contributed by atoms with Gasteiger partial charge in [-0.05, 0) is 30.5 Å². The van der Waals surface area contributed by atoms with Gasteiger partial charge in [-0.15, -0.1) is 0 Å². The molecule has 0 aliphatic heterocycles. The third kappa shape index (κ3) is 3.30. The zero-order valence-electron chi connectivity index (χ0n) is 11.1. The van der Waals surface area contributed by atoms with Gasteiger partial charge in [0.2, 0.25) is 5.91 Å². The number of benzene rings is 1. The third-order valence-electron chi connectivity index (χ3n) is 3.10. The van der Waals surface area contributed by atoms with Gasteiger partial charge in [0.25, 0.3) is 0 Å². The van der Waals surface area contributed by atoms with E-state index in [1.807, 2.05) is 52.1 Å². The Balaban J connectivity index is 2.89. The molecule has 0 spiro atoms. The van der Waals surface area contributed by atoms with E-state index in [1.54, 1.807) is 4.90 Å². The fraction of sp³-hybridized carbons (Fsp3) is 0.500. The van der Waals surface area contributed by atoms with Crippen molar-refractivity contribution in [3.8, 4) is 0 Å². The third-order valence-corrected chi connectivity index (χ3v) is 3.10. The maximum absolute atomic E-state index is 12.3. The highest BCUT2D eigenvalue weighted by atomic mass is 16.2. The summed E-state index contributed by atoms with van der Waals surface area (Å²) in [6.45, 7) is 6.47. The zero-order valence-corrected chi connectivity index (χ0v) is 11.1. The first-order valence-corrected chi connectivity index (χ1v) is 6.01. The Morgan fingerprint density at radius 3 is 2.53 bits per heavy atom. The number of hydrogen-bond acceptors (Lipinski definition) is 2. The van der Waals surface area contributed by atoms with Gasteiger partial charge in [0.15, 0.2) is 0 Å². The second kappa shape index (κ2) is 5.82. The molecule has 0 radical (unpaired) electrons. The molecule has 3 heteroatoms. The number of carbonyl (C=O) groups is 1. The van der Waals surface area contributed by atoms with E-state index >= 15 is 0 Å². The summed E-state index contributed by atoms with van der Waals surface area (Å²) in [6.07, 6.45) is 0. The molecule has 0 fully saturated rings. The van der Waals surface area contributed by atoms with E-state index in [1.165, 1.54) is 0 Å². The summed E-state index contributed by atoms with van der Waals surface area (Å²) in [4.78, 5) is 14.0. The molecule has 1 unspecified atom stereocenters. The van der Waals surface area contributed by atoms with Crippen molar-refractivity contribution in [3.05, 3.63) is 29.8 Å². The van der Waals surface area contributed by atoms with Crippen molar-refractivity contribution >= 4 is 11.6 Å². The summed E-state index contributed by atoms with van der Waals surface area (Å²) < 4.78 is 0. The summed E-state index contributed by atoms with van der Waals surface area (Å²) in [5.74, 6) is 0.244. The Bertz CT molecular complexity index is 388. The second-order valence-electron chi connectivity index (χ2n) is 4.82. The first kappa shape index (κ1) is 13.7. The quantitative estimate of drug-likeness (QED) is 0.868. The molecule has 0 bridgehead atoms. The Morgan fingerprint density at radius 2 is 2.06 bits per heavy atom. The number of rotatable bonds is 4.